The van der Waals surface area contributed by atoms with Crippen LogP contribution in [0.25, 0.3) is 0 Å². The van der Waals surface area contributed by atoms with Gasteiger partial charge in [-0.05, 0) is 10.6 Å². The van der Waals surface area contributed by atoms with Gasteiger partial charge in [0.05, 0.1) is 12.8 Å². The summed E-state index contributed by atoms with van der Waals surface area (Å²) in [5.41, 5.74) is 5.35. The number of rotatable bonds is 8. The molecule has 3 heterocycles. The third-order valence-electron chi connectivity index (χ3n) is 4.22. The number of aromatic nitrogens is 1. The Labute approximate surface area is 187 Å². The van der Waals surface area contributed by atoms with E-state index in [4.69, 9.17) is 5.73 Å². The lowest BCUT2D eigenvalue weighted by Crippen LogP contribution is -2.70. The number of aliphatic carboxylic acids is 1. The minimum Gasteiger partial charge on any atom is -0.477 e. The lowest BCUT2D eigenvalue weighted by molar-refractivity contribution is -0.150. The van der Waals surface area contributed by atoms with Crippen molar-refractivity contribution >= 4 is 63.7 Å². The van der Waals surface area contributed by atoms with E-state index in [-0.39, 0.29) is 22.3 Å². The number of nitrogens with zero attached hydrogens (tertiary/aromatic N) is 3. The van der Waals surface area contributed by atoms with Gasteiger partial charge in [-0.25, -0.2) is 14.6 Å². The van der Waals surface area contributed by atoms with Crippen LogP contribution in [0.4, 0.5) is 5.13 Å². The molecule has 0 bridgehead atoms. The molecule has 12 nitrogen and oxygen atoms in total. The van der Waals surface area contributed by atoms with E-state index in [1.54, 1.807) is 0 Å². The molecule has 3 rings (SSSR count). The van der Waals surface area contributed by atoms with Crippen molar-refractivity contribution in [3.05, 3.63) is 38.1 Å². The van der Waals surface area contributed by atoms with Crippen LogP contribution >= 0.6 is 34.9 Å². The fourth-order valence-corrected chi connectivity index (χ4v) is 5.71. The zero-order valence-electron chi connectivity index (χ0n) is 15.7. The zero-order chi connectivity index (χ0) is 22.7. The maximum Gasteiger partial charge on any atom is 0.353 e. The molecule has 0 spiro atoms. The molecule has 1 aromatic heterocycles. The number of carbonyl (C=O) groups is 4. The van der Waals surface area contributed by atoms with Crippen molar-refractivity contribution in [2.24, 2.45) is 5.18 Å². The van der Waals surface area contributed by atoms with Crippen molar-refractivity contribution in [1.29, 1.82) is 0 Å². The first-order chi connectivity index (χ1) is 14.8. The number of carboxylic acid groups (broad SMARTS) is 1. The SMILES string of the molecule is COC(=O)C=CSC1=C(C(=O)O)N2C(=O)[C@@H](NC(=O)C(N=O)c3csc(N)n3)[C@@H]2SC1. The van der Waals surface area contributed by atoms with E-state index < -0.39 is 41.2 Å². The number of fused-ring (bicyclic) bond motifs is 1. The van der Waals surface area contributed by atoms with Crippen molar-refractivity contribution in [3.63, 3.8) is 0 Å². The number of nitrogens with one attached hydrogen (secondary N) is 1. The first kappa shape index (κ1) is 22.8. The summed E-state index contributed by atoms with van der Waals surface area (Å²) in [6, 6.07) is -2.50. The average molecular weight is 486 g/mol. The number of hydrogen-bond donors (Lipinski definition) is 3. The van der Waals surface area contributed by atoms with E-state index in [0.717, 1.165) is 34.1 Å². The highest BCUT2D eigenvalue weighted by atomic mass is 32.2. The van der Waals surface area contributed by atoms with Gasteiger partial charge in [-0.2, -0.15) is 0 Å². The molecule has 164 valence electrons. The normalized spacial score (nSPS) is 21.3. The number of carbonyl (C=O) groups excluding carboxylic acids is 3. The van der Waals surface area contributed by atoms with Gasteiger partial charge in [0.1, 0.15) is 17.1 Å². The second kappa shape index (κ2) is 9.49. The van der Waals surface area contributed by atoms with Crippen LogP contribution < -0.4 is 11.1 Å². The lowest BCUT2D eigenvalue weighted by Gasteiger charge is -2.49. The zero-order valence-corrected chi connectivity index (χ0v) is 18.2. The summed E-state index contributed by atoms with van der Waals surface area (Å²) in [6.45, 7) is 0. The molecule has 2 aliphatic rings. The van der Waals surface area contributed by atoms with E-state index in [9.17, 15) is 29.2 Å². The summed E-state index contributed by atoms with van der Waals surface area (Å²) in [5, 5.41) is 17.1. The number of ether oxygens (including phenoxy) is 1. The fourth-order valence-electron chi connectivity index (χ4n) is 2.82. The summed E-state index contributed by atoms with van der Waals surface area (Å²) >= 11 is 3.25. The number of esters is 1. The summed E-state index contributed by atoms with van der Waals surface area (Å²) in [6.07, 6.45) is 1.13. The van der Waals surface area contributed by atoms with Crippen LogP contribution in [0.1, 0.15) is 11.7 Å². The Morgan fingerprint density at radius 2 is 2.26 bits per heavy atom. The Hall–Kier alpha value is -2.91. The quantitative estimate of drug-likeness (QED) is 0.203. The molecule has 1 fully saturated rings. The number of anilines is 1. The molecule has 2 amide bonds. The van der Waals surface area contributed by atoms with Gasteiger partial charge in [-0.15, -0.1) is 28.0 Å². The van der Waals surface area contributed by atoms with Crippen molar-refractivity contribution in [2.75, 3.05) is 18.6 Å². The summed E-state index contributed by atoms with van der Waals surface area (Å²) in [7, 11) is 1.21. The molecule has 2 aliphatic heterocycles. The van der Waals surface area contributed by atoms with Gasteiger partial charge in [-0.1, -0.05) is 11.8 Å². The van der Waals surface area contributed by atoms with Gasteiger partial charge >= 0.3 is 11.9 Å². The van der Waals surface area contributed by atoms with Gasteiger partial charge < -0.3 is 20.9 Å². The Balaban J connectivity index is 1.74. The second-order valence-corrected chi connectivity index (χ2v) is 9.03. The van der Waals surface area contributed by atoms with Gasteiger partial charge in [0, 0.05) is 22.1 Å². The molecular formula is C16H15N5O7S3. The lowest BCUT2D eigenvalue weighted by atomic mass is 10.0. The van der Waals surface area contributed by atoms with E-state index >= 15 is 0 Å². The number of β-lactam (4-membered cyclic amide) rings is 1. The molecule has 4 N–H and O–H groups in total. The van der Waals surface area contributed by atoms with E-state index in [0.29, 0.717) is 4.91 Å². The van der Waals surface area contributed by atoms with Crippen molar-refractivity contribution in [1.82, 2.24) is 15.2 Å². The number of carboxylic acids is 1. The van der Waals surface area contributed by atoms with Crippen LogP contribution in [0.5, 0.6) is 0 Å². The predicted octanol–water partition coefficient (Wildman–Crippen LogP) is 0.649. The number of thioether (sulfide) groups is 2. The largest absolute Gasteiger partial charge is 0.477 e. The number of nitroso groups, excluding NO2 is 1. The summed E-state index contributed by atoms with van der Waals surface area (Å²) in [5.74, 6) is -3.16. The molecule has 1 saturated heterocycles. The molecule has 0 aromatic carbocycles. The third kappa shape index (κ3) is 4.57. The topological polar surface area (TPSA) is 181 Å². The molecule has 31 heavy (non-hydrogen) atoms. The molecule has 0 aliphatic carbocycles. The number of thiazole rings is 1. The molecule has 0 saturated carbocycles. The highest BCUT2D eigenvalue weighted by Crippen LogP contribution is 2.43. The average Bonchev–Trinajstić information content (AvgIpc) is 3.17. The highest BCUT2D eigenvalue weighted by molar-refractivity contribution is 8.08. The minimum absolute atomic E-state index is 0.0668. The van der Waals surface area contributed by atoms with Crippen LogP contribution in [0.3, 0.4) is 0 Å². The Kier molecular flexibility index (Phi) is 6.97. The molecule has 1 unspecified atom stereocenters. The molecular weight excluding hydrogens is 470 g/mol. The first-order valence-electron chi connectivity index (χ1n) is 8.44. The van der Waals surface area contributed by atoms with Crippen LogP contribution in [0.15, 0.2) is 32.6 Å². The van der Waals surface area contributed by atoms with E-state index in [2.05, 4.69) is 20.2 Å². The standard InChI is InChI=1S/C16H15N5O7S3/c1-28-8(22)2-3-29-7-5-30-14-10(13(24)21(14)11(7)15(25)26)19-12(23)9(20-27)6-4-31-16(17)18-6/h2-4,9-10,14H,5H2,1H3,(H2,17,18)(H,19,23)(H,25,26)/t9?,10-,14+/m1/s1. The Bertz CT molecular complexity index is 1010. The number of nitrogens with two attached hydrogens (primary N) is 1. The minimum atomic E-state index is -1.48. The summed E-state index contributed by atoms with van der Waals surface area (Å²) in [4.78, 5) is 64.5. The summed E-state index contributed by atoms with van der Waals surface area (Å²) < 4.78 is 4.47. The monoisotopic (exact) mass is 485 g/mol. The maximum absolute atomic E-state index is 12.6. The van der Waals surface area contributed by atoms with Gasteiger partial charge in [0.15, 0.2) is 5.13 Å². The Morgan fingerprint density at radius 1 is 1.52 bits per heavy atom. The maximum atomic E-state index is 12.6. The molecule has 3 atom stereocenters. The number of amides is 2. The Morgan fingerprint density at radius 3 is 2.84 bits per heavy atom. The van der Waals surface area contributed by atoms with Gasteiger partial charge in [-0.3, -0.25) is 14.5 Å². The second-order valence-electron chi connectivity index (χ2n) is 6.04. The van der Waals surface area contributed by atoms with Crippen LogP contribution in [0.2, 0.25) is 0 Å². The van der Waals surface area contributed by atoms with E-state index in [1.165, 1.54) is 29.7 Å². The van der Waals surface area contributed by atoms with Crippen LogP contribution in [0, 0.1) is 4.91 Å². The number of methoxy groups -OCH3 is 1. The van der Waals surface area contributed by atoms with Crippen LogP contribution in [-0.4, -0.2) is 63.0 Å². The molecule has 0 radical (unpaired) electrons. The first-order valence-corrected chi connectivity index (χ1v) is 11.2. The number of hydrogen-bond acceptors (Lipinski definition) is 12. The highest BCUT2D eigenvalue weighted by Gasteiger charge is 2.54. The van der Waals surface area contributed by atoms with E-state index in [1.807, 2.05) is 0 Å². The fraction of sp³-hybridized carbons (Fsp3) is 0.312. The molecule has 1 aromatic rings. The van der Waals surface area contributed by atoms with Gasteiger partial charge in [0.2, 0.25) is 6.04 Å². The van der Waals surface area contributed by atoms with Crippen molar-refractivity contribution in [3.8, 4) is 0 Å². The molecule has 15 heteroatoms. The predicted molar refractivity (Wildman–Crippen MR) is 113 cm³/mol. The van der Waals surface area contributed by atoms with Crippen molar-refractivity contribution in [2.45, 2.75) is 17.5 Å². The number of nitrogen functional groups attached to an aromatic ring is 1. The smallest absolute Gasteiger partial charge is 0.353 e. The van der Waals surface area contributed by atoms with Crippen molar-refractivity contribution < 1.29 is 29.0 Å². The van der Waals surface area contributed by atoms with Crippen LogP contribution in [-0.2, 0) is 23.9 Å². The third-order valence-corrected chi connectivity index (χ3v) is 7.27. The van der Waals surface area contributed by atoms with Gasteiger partial charge in [0.25, 0.3) is 11.8 Å².